The Labute approximate surface area is 97.6 Å². The van der Waals surface area contributed by atoms with E-state index in [2.05, 4.69) is 10.2 Å². The Balaban J connectivity index is 2.15. The van der Waals surface area contributed by atoms with Gasteiger partial charge in [-0.05, 0) is 19.8 Å². The van der Waals surface area contributed by atoms with Gasteiger partial charge in [0, 0.05) is 25.2 Å². The Morgan fingerprint density at radius 2 is 2.06 bits per heavy atom. The van der Waals surface area contributed by atoms with Crippen molar-refractivity contribution in [1.29, 1.82) is 0 Å². The van der Waals surface area contributed by atoms with Gasteiger partial charge in [0.2, 0.25) is 5.91 Å². The van der Waals surface area contributed by atoms with E-state index in [4.69, 9.17) is 5.73 Å². The predicted octanol–water partition coefficient (Wildman–Crippen LogP) is 0.468. The van der Waals surface area contributed by atoms with Gasteiger partial charge in [0.1, 0.15) is 0 Å². The topological polar surface area (TPSA) is 58.4 Å². The number of carbonyl (C=O) groups excluding carboxylic acids is 1. The summed E-state index contributed by atoms with van der Waals surface area (Å²) in [6.07, 6.45) is 6.31. The number of primary amides is 1. The van der Waals surface area contributed by atoms with Crippen LogP contribution in [0.3, 0.4) is 0 Å². The van der Waals surface area contributed by atoms with Crippen LogP contribution in [0.2, 0.25) is 0 Å². The van der Waals surface area contributed by atoms with E-state index in [1.807, 2.05) is 6.92 Å². The summed E-state index contributed by atoms with van der Waals surface area (Å²) in [5.41, 5.74) is 5.66. The van der Waals surface area contributed by atoms with Crippen molar-refractivity contribution in [2.24, 2.45) is 5.73 Å². The molecule has 1 unspecified atom stereocenters. The van der Waals surface area contributed by atoms with Gasteiger partial charge in [-0.15, -0.1) is 0 Å². The van der Waals surface area contributed by atoms with Crippen molar-refractivity contribution >= 4 is 5.91 Å². The Kier molecular flexibility index (Phi) is 3.50. The van der Waals surface area contributed by atoms with Crippen LogP contribution >= 0.6 is 0 Å². The Bertz CT molecular complexity index is 253. The van der Waals surface area contributed by atoms with Crippen LogP contribution in [0, 0.1) is 0 Å². The third-order valence-corrected chi connectivity index (χ3v) is 4.26. The average Bonchev–Trinajstić information content (AvgIpc) is 2.30. The summed E-state index contributed by atoms with van der Waals surface area (Å²) in [5, 5.41) is 3.48. The fourth-order valence-electron chi connectivity index (χ4n) is 3.29. The molecular weight excluding hydrogens is 202 g/mol. The van der Waals surface area contributed by atoms with Crippen LogP contribution in [0.1, 0.15) is 39.0 Å². The number of carbonyl (C=O) groups is 1. The molecule has 1 atom stereocenters. The molecule has 3 N–H and O–H groups in total. The van der Waals surface area contributed by atoms with E-state index in [0.717, 1.165) is 19.6 Å². The van der Waals surface area contributed by atoms with Gasteiger partial charge in [-0.3, -0.25) is 9.69 Å². The van der Waals surface area contributed by atoms with Crippen LogP contribution in [-0.4, -0.2) is 42.0 Å². The first-order valence-electron chi connectivity index (χ1n) is 6.42. The summed E-state index contributed by atoms with van der Waals surface area (Å²) in [4.78, 5) is 13.7. The maximum absolute atomic E-state index is 11.4. The van der Waals surface area contributed by atoms with E-state index >= 15 is 0 Å². The molecule has 0 radical (unpaired) electrons. The molecule has 2 fully saturated rings. The molecule has 4 heteroatoms. The molecule has 1 aliphatic carbocycles. The van der Waals surface area contributed by atoms with E-state index < -0.39 is 0 Å². The maximum Gasteiger partial charge on any atom is 0.234 e. The monoisotopic (exact) mass is 225 g/mol. The summed E-state index contributed by atoms with van der Waals surface area (Å²) >= 11 is 0. The summed E-state index contributed by atoms with van der Waals surface area (Å²) in [5.74, 6) is -0.188. The lowest BCUT2D eigenvalue weighted by Crippen LogP contribution is -2.66. The number of nitrogens with zero attached hydrogens (tertiary/aromatic N) is 1. The molecule has 2 rings (SSSR count). The predicted molar refractivity (Wildman–Crippen MR) is 64.0 cm³/mol. The molecule has 2 aliphatic rings. The number of nitrogens with one attached hydrogen (secondary N) is 1. The zero-order chi connectivity index (χ0) is 11.6. The Hall–Kier alpha value is -0.610. The normalized spacial score (nSPS) is 27.8. The third kappa shape index (κ3) is 2.09. The van der Waals surface area contributed by atoms with Crippen molar-refractivity contribution in [2.45, 2.75) is 50.6 Å². The zero-order valence-corrected chi connectivity index (χ0v) is 10.2. The molecule has 1 spiro atoms. The number of hydrogen-bond donors (Lipinski definition) is 2. The molecule has 16 heavy (non-hydrogen) atoms. The molecule has 0 aromatic carbocycles. The van der Waals surface area contributed by atoms with E-state index in [1.54, 1.807) is 0 Å². The van der Waals surface area contributed by atoms with Gasteiger partial charge in [-0.2, -0.15) is 0 Å². The Morgan fingerprint density at radius 3 is 2.69 bits per heavy atom. The molecule has 1 aliphatic heterocycles. The van der Waals surface area contributed by atoms with Crippen LogP contribution in [0.5, 0.6) is 0 Å². The van der Waals surface area contributed by atoms with Crippen LogP contribution in [0.4, 0.5) is 0 Å². The third-order valence-electron chi connectivity index (χ3n) is 4.26. The number of rotatable bonds is 2. The number of hydrogen-bond acceptors (Lipinski definition) is 3. The number of piperazine rings is 1. The van der Waals surface area contributed by atoms with E-state index in [1.165, 1.54) is 32.1 Å². The highest BCUT2D eigenvalue weighted by Gasteiger charge is 2.42. The van der Waals surface area contributed by atoms with Crippen molar-refractivity contribution in [3.63, 3.8) is 0 Å². The highest BCUT2D eigenvalue weighted by Crippen LogP contribution is 2.35. The lowest BCUT2D eigenvalue weighted by atomic mass is 9.78. The van der Waals surface area contributed by atoms with Gasteiger partial charge in [0.25, 0.3) is 0 Å². The van der Waals surface area contributed by atoms with Crippen molar-refractivity contribution in [3.8, 4) is 0 Å². The Morgan fingerprint density at radius 1 is 1.38 bits per heavy atom. The first-order chi connectivity index (χ1) is 7.66. The van der Waals surface area contributed by atoms with Gasteiger partial charge in [-0.1, -0.05) is 19.3 Å². The van der Waals surface area contributed by atoms with Crippen molar-refractivity contribution < 1.29 is 4.79 Å². The quantitative estimate of drug-likeness (QED) is 0.718. The summed E-state index contributed by atoms with van der Waals surface area (Å²) < 4.78 is 0. The summed E-state index contributed by atoms with van der Waals surface area (Å²) in [6.45, 7) is 4.89. The fourth-order valence-corrected chi connectivity index (χ4v) is 3.29. The first-order valence-corrected chi connectivity index (χ1v) is 6.42. The fraction of sp³-hybridized carbons (Fsp3) is 0.917. The van der Waals surface area contributed by atoms with Gasteiger partial charge in [0.15, 0.2) is 0 Å². The van der Waals surface area contributed by atoms with E-state index in [-0.39, 0.29) is 17.5 Å². The highest BCUT2D eigenvalue weighted by molar-refractivity contribution is 5.79. The second-order valence-corrected chi connectivity index (χ2v) is 5.23. The van der Waals surface area contributed by atoms with Crippen LogP contribution in [-0.2, 0) is 4.79 Å². The van der Waals surface area contributed by atoms with Gasteiger partial charge >= 0.3 is 0 Å². The number of nitrogens with two attached hydrogens (primary N) is 1. The van der Waals surface area contributed by atoms with Crippen LogP contribution in [0.25, 0.3) is 0 Å². The van der Waals surface area contributed by atoms with Crippen LogP contribution < -0.4 is 11.1 Å². The average molecular weight is 225 g/mol. The number of amides is 1. The van der Waals surface area contributed by atoms with E-state index in [0.29, 0.717) is 0 Å². The standard InChI is InChI=1S/C12H23N3O/c1-10(11(13)16)15-8-7-14-9-12(15)5-3-2-4-6-12/h10,14H,2-9H2,1H3,(H2,13,16). The molecule has 1 saturated carbocycles. The van der Waals surface area contributed by atoms with Gasteiger partial charge < -0.3 is 11.1 Å². The molecular formula is C12H23N3O. The molecule has 0 aromatic rings. The lowest BCUT2D eigenvalue weighted by molar-refractivity contribution is -0.127. The second-order valence-electron chi connectivity index (χ2n) is 5.23. The smallest absolute Gasteiger partial charge is 0.234 e. The molecule has 0 aromatic heterocycles. The second kappa shape index (κ2) is 4.72. The molecule has 92 valence electrons. The maximum atomic E-state index is 11.4. The van der Waals surface area contributed by atoms with Crippen LogP contribution in [0.15, 0.2) is 0 Å². The zero-order valence-electron chi connectivity index (χ0n) is 10.2. The lowest BCUT2D eigenvalue weighted by Gasteiger charge is -2.51. The minimum Gasteiger partial charge on any atom is -0.368 e. The van der Waals surface area contributed by atoms with Gasteiger partial charge in [0.05, 0.1) is 6.04 Å². The van der Waals surface area contributed by atoms with Crippen molar-refractivity contribution in [1.82, 2.24) is 10.2 Å². The van der Waals surface area contributed by atoms with Crippen molar-refractivity contribution in [3.05, 3.63) is 0 Å². The summed E-state index contributed by atoms with van der Waals surface area (Å²) in [6, 6.07) is -0.125. The highest BCUT2D eigenvalue weighted by atomic mass is 16.1. The molecule has 1 amide bonds. The minimum absolute atomic E-state index is 0.125. The summed E-state index contributed by atoms with van der Waals surface area (Å²) in [7, 11) is 0. The minimum atomic E-state index is -0.188. The van der Waals surface area contributed by atoms with E-state index in [9.17, 15) is 4.79 Å². The largest absolute Gasteiger partial charge is 0.368 e. The first kappa shape index (κ1) is 11.9. The van der Waals surface area contributed by atoms with Gasteiger partial charge in [-0.25, -0.2) is 0 Å². The van der Waals surface area contributed by atoms with Crippen molar-refractivity contribution in [2.75, 3.05) is 19.6 Å². The molecule has 1 heterocycles. The SMILES string of the molecule is CC(C(N)=O)N1CCNCC12CCCCC2. The molecule has 1 saturated heterocycles. The molecule has 4 nitrogen and oxygen atoms in total. The molecule has 0 bridgehead atoms.